The molecule has 8 nitrogen and oxygen atoms in total. The number of carbonyl (C=O) groups is 2. The summed E-state index contributed by atoms with van der Waals surface area (Å²) in [4.78, 5) is 38.6. The summed E-state index contributed by atoms with van der Waals surface area (Å²) in [6.45, 7) is 5.34. The molecule has 0 aliphatic rings. The Kier molecular flexibility index (Phi) is 5.81. The maximum atomic E-state index is 12.1. The molecular formula is C16H18N4O4S. The molecule has 0 fully saturated rings. The van der Waals surface area contributed by atoms with Gasteiger partial charge in [0.2, 0.25) is 5.91 Å². The van der Waals surface area contributed by atoms with Gasteiger partial charge in [-0.1, -0.05) is 19.9 Å². The topological polar surface area (TPSA) is 114 Å². The largest absolute Gasteiger partial charge is 0.343 e. The highest BCUT2D eigenvalue weighted by Gasteiger charge is 2.16. The lowest BCUT2D eigenvalue weighted by Gasteiger charge is -2.06. The number of anilines is 1. The van der Waals surface area contributed by atoms with Crippen molar-refractivity contribution in [2.45, 2.75) is 26.7 Å². The van der Waals surface area contributed by atoms with Crippen molar-refractivity contribution in [1.29, 1.82) is 0 Å². The quantitative estimate of drug-likeness (QED) is 0.606. The zero-order valence-corrected chi connectivity index (χ0v) is 14.8. The first kappa shape index (κ1) is 18.5. The Balaban J connectivity index is 1.94. The number of hydrogen-bond donors (Lipinski definition) is 2. The van der Waals surface area contributed by atoms with Crippen molar-refractivity contribution in [3.63, 3.8) is 0 Å². The van der Waals surface area contributed by atoms with Crippen LogP contribution in [0, 0.1) is 17.0 Å². The third kappa shape index (κ3) is 4.83. The van der Waals surface area contributed by atoms with Crippen molar-refractivity contribution >= 4 is 34.0 Å². The van der Waals surface area contributed by atoms with Crippen LogP contribution >= 0.6 is 11.3 Å². The van der Waals surface area contributed by atoms with Gasteiger partial charge in [-0.3, -0.25) is 19.7 Å². The lowest BCUT2D eigenvalue weighted by molar-refractivity contribution is -0.385. The van der Waals surface area contributed by atoms with Gasteiger partial charge >= 0.3 is 0 Å². The van der Waals surface area contributed by atoms with Crippen LogP contribution in [0.1, 0.15) is 41.4 Å². The van der Waals surface area contributed by atoms with Gasteiger partial charge in [0.1, 0.15) is 0 Å². The van der Waals surface area contributed by atoms with E-state index in [1.165, 1.54) is 29.5 Å². The van der Waals surface area contributed by atoms with E-state index in [9.17, 15) is 19.7 Å². The Labute approximate surface area is 148 Å². The second-order valence-electron chi connectivity index (χ2n) is 5.72. The van der Waals surface area contributed by atoms with Gasteiger partial charge < -0.3 is 10.6 Å². The van der Waals surface area contributed by atoms with Crippen LogP contribution in [-0.4, -0.2) is 28.3 Å². The molecule has 0 unspecified atom stereocenters. The standard InChI is InChI=1S/C16H18N4O4S/c1-9(2)12-8-25-16(18-12)19-14(21)7-17-15(22)11-5-4-10(3)13(6-11)20(23)24/h4-6,8-9H,7H2,1-3H3,(H,17,22)(H,18,19,21). The molecule has 0 radical (unpaired) electrons. The average Bonchev–Trinajstić information content (AvgIpc) is 3.01. The molecule has 0 bridgehead atoms. The smallest absolute Gasteiger partial charge is 0.273 e. The molecule has 0 spiro atoms. The van der Waals surface area contributed by atoms with Crippen LogP contribution in [0.2, 0.25) is 0 Å². The molecule has 2 rings (SSSR count). The van der Waals surface area contributed by atoms with Gasteiger partial charge in [0.15, 0.2) is 5.13 Å². The van der Waals surface area contributed by atoms with Crippen LogP contribution in [-0.2, 0) is 4.79 Å². The second-order valence-corrected chi connectivity index (χ2v) is 6.58. The Morgan fingerprint density at radius 3 is 2.68 bits per heavy atom. The highest BCUT2D eigenvalue weighted by atomic mass is 32.1. The Hall–Kier alpha value is -2.81. The van der Waals surface area contributed by atoms with Crippen LogP contribution in [0.3, 0.4) is 0 Å². The summed E-state index contributed by atoms with van der Waals surface area (Å²) in [6, 6.07) is 4.17. The van der Waals surface area contributed by atoms with Gasteiger partial charge in [0.25, 0.3) is 11.6 Å². The predicted molar refractivity (Wildman–Crippen MR) is 95.0 cm³/mol. The number of nitrogens with zero attached hydrogens (tertiary/aromatic N) is 2. The Morgan fingerprint density at radius 2 is 2.08 bits per heavy atom. The van der Waals surface area contributed by atoms with Crippen LogP contribution in [0.5, 0.6) is 0 Å². The number of aromatic nitrogens is 1. The van der Waals surface area contributed by atoms with Gasteiger partial charge in [-0.15, -0.1) is 11.3 Å². The monoisotopic (exact) mass is 362 g/mol. The summed E-state index contributed by atoms with van der Waals surface area (Å²) in [5.74, 6) is -0.709. The van der Waals surface area contributed by atoms with Gasteiger partial charge in [0.05, 0.1) is 17.2 Å². The number of hydrogen-bond acceptors (Lipinski definition) is 6. The third-order valence-corrected chi connectivity index (χ3v) is 4.21. The fourth-order valence-electron chi connectivity index (χ4n) is 1.98. The number of nitrogens with one attached hydrogen (secondary N) is 2. The minimum atomic E-state index is -0.555. The molecule has 0 aliphatic heterocycles. The zero-order valence-electron chi connectivity index (χ0n) is 14.0. The van der Waals surface area contributed by atoms with Crippen LogP contribution in [0.4, 0.5) is 10.8 Å². The molecule has 0 saturated carbocycles. The minimum absolute atomic E-state index is 0.126. The van der Waals surface area contributed by atoms with Crippen LogP contribution in [0.25, 0.3) is 0 Å². The molecule has 1 heterocycles. The molecule has 2 amide bonds. The highest BCUT2D eigenvalue weighted by molar-refractivity contribution is 7.13. The number of carbonyl (C=O) groups excluding carboxylic acids is 2. The van der Waals surface area contributed by atoms with E-state index < -0.39 is 16.7 Å². The molecular weight excluding hydrogens is 344 g/mol. The number of nitro groups is 1. The van der Waals surface area contributed by atoms with Crippen molar-refractivity contribution in [2.24, 2.45) is 0 Å². The van der Waals surface area contributed by atoms with E-state index in [0.717, 1.165) is 5.69 Å². The van der Waals surface area contributed by atoms with Crippen LogP contribution in [0.15, 0.2) is 23.6 Å². The SMILES string of the molecule is Cc1ccc(C(=O)NCC(=O)Nc2nc(C(C)C)cs2)cc1[N+](=O)[O-]. The number of nitro benzene ring substituents is 1. The van der Waals surface area contributed by atoms with Gasteiger partial charge in [-0.25, -0.2) is 4.98 Å². The summed E-state index contributed by atoms with van der Waals surface area (Å²) in [5, 5.41) is 18.3. The molecule has 132 valence electrons. The summed E-state index contributed by atoms with van der Waals surface area (Å²) in [5.41, 5.74) is 1.34. The summed E-state index contributed by atoms with van der Waals surface area (Å²) in [7, 11) is 0. The fraction of sp³-hybridized carbons (Fsp3) is 0.312. The maximum absolute atomic E-state index is 12.1. The lowest BCUT2D eigenvalue weighted by atomic mass is 10.1. The van der Waals surface area contributed by atoms with E-state index in [4.69, 9.17) is 0 Å². The fourth-order valence-corrected chi connectivity index (χ4v) is 2.87. The molecule has 0 saturated heterocycles. The maximum Gasteiger partial charge on any atom is 0.273 e. The number of benzene rings is 1. The Morgan fingerprint density at radius 1 is 1.36 bits per heavy atom. The molecule has 25 heavy (non-hydrogen) atoms. The second kappa shape index (κ2) is 7.84. The lowest BCUT2D eigenvalue weighted by Crippen LogP contribution is -2.32. The Bertz CT molecular complexity index is 816. The minimum Gasteiger partial charge on any atom is -0.343 e. The first-order valence-corrected chi connectivity index (χ1v) is 8.44. The van der Waals surface area contributed by atoms with E-state index in [2.05, 4.69) is 15.6 Å². The molecule has 0 aliphatic carbocycles. The summed E-state index contributed by atoms with van der Waals surface area (Å²) >= 11 is 1.31. The normalized spacial score (nSPS) is 10.6. The van der Waals surface area contributed by atoms with Crippen molar-refractivity contribution in [3.8, 4) is 0 Å². The van der Waals surface area contributed by atoms with E-state index in [-0.39, 0.29) is 23.7 Å². The van der Waals surface area contributed by atoms with E-state index >= 15 is 0 Å². The molecule has 0 atom stereocenters. The first-order chi connectivity index (χ1) is 11.8. The van der Waals surface area contributed by atoms with Gasteiger partial charge in [0, 0.05) is 22.6 Å². The average molecular weight is 362 g/mol. The number of thiazole rings is 1. The van der Waals surface area contributed by atoms with E-state index in [1.54, 1.807) is 6.92 Å². The molecule has 2 N–H and O–H groups in total. The number of rotatable bonds is 6. The molecule has 9 heteroatoms. The molecule has 1 aromatic heterocycles. The molecule has 2 aromatic rings. The van der Waals surface area contributed by atoms with Crippen molar-refractivity contribution in [3.05, 3.63) is 50.5 Å². The van der Waals surface area contributed by atoms with E-state index in [1.807, 2.05) is 19.2 Å². The van der Waals surface area contributed by atoms with Crippen molar-refractivity contribution in [1.82, 2.24) is 10.3 Å². The predicted octanol–water partition coefficient (Wildman–Crippen LogP) is 2.85. The zero-order chi connectivity index (χ0) is 18.6. The number of amides is 2. The van der Waals surface area contributed by atoms with Gasteiger partial charge in [-0.05, 0) is 18.9 Å². The molecule has 1 aromatic carbocycles. The first-order valence-electron chi connectivity index (χ1n) is 7.56. The summed E-state index contributed by atoms with van der Waals surface area (Å²) in [6.07, 6.45) is 0. The van der Waals surface area contributed by atoms with Crippen LogP contribution < -0.4 is 10.6 Å². The van der Waals surface area contributed by atoms with Crippen molar-refractivity contribution < 1.29 is 14.5 Å². The number of aryl methyl sites for hydroxylation is 1. The van der Waals surface area contributed by atoms with E-state index in [0.29, 0.717) is 10.7 Å². The highest BCUT2D eigenvalue weighted by Crippen LogP contribution is 2.21. The van der Waals surface area contributed by atoms with Crippen molar-refractivity contribution in [2.75, 3.05) is 11.9 Å². The third-order valence-electron chi connectivity index (χ3n) is 3.44. The van der Waals surface area contributed by atoms with Gasteiger partial charge in [-0.2, -0.15) is 0 Å². The summed E-state index contributed by atoms with van der Waals surface area (Å²) < 4.78 is 0.